The van der Waals surface area contributed by atoms with E-state index in [1.807, 2.05) is 13.8 Å². The number of esters is 1. The molecule has 0 aromatic heterocycles. The van der Waals surface area contributed by atoms with Gasteiger partial charge in [0.1, 0.15) is 6.61 Å². The van der Waals surface area contributed by atoms with Gasteiger partial charge in [0.15, 0.2) is 6.29 Å². The van der Waals surface area contributed by atoms with Crippen LogP contribution in [0.3, 0.4) is 0 Å². The number of ether oxygens (including phenoxy) is 3. The molecular formula is C13H22O4. The highest BCUT2D eigenvalue weighted by atomic mass is 16.7. The third kappa shape index (κ3) is 8.51. The standard InChI is InChI=1S/C13H22O4/c1-6-15-12(5)16-7-8-17-13(14)11(4)9-10(2)3/h6,10,12H,1,4,7-9H2,2-3,5H3. The van der Waals surface area contributed by atoms with Crippen molar-refractivity contribution < 1.29 is 19.0 Å². The van der Waals surface area contributed by atoms with Crippen LogP contribution in [-0.2, 0) is 19.0 Å². The maximum atomic E-state index is 11.4. The maximum absolute atomic E-state index is 11.4. The van der Waals surface area contributed by atoms with Crippen LogP contribution in [0.4, 0.5) is 0 Å². The van der Waals surface area contributed by atoms with E-state index >= 15 is 0 Å². The summed E-state index contributed by atoms with van der Waals surface area (Å²) >= 11 is 0. The molecule has 0 aliphatic heterocycles. The Balaban J connectivity index is 3.64. The zero-order valence-electron chi connectivity index (χ0n) is 10.9. The zero-order chi connectivity index (χ0) is 13.3. The first-order valence-corrected chi connectivity index (χ1v) is 5.70. The van der Waals surface area contributed by atoms with Gasteiger partial charge in [-0.15, -0.1) is 0 Å². The van der Waals surface area contributed by atoms with E-state index in [9.17, 15) is 4.79 Å². The highest BCUT2D eigenvalue weighted by molar-refractivity contribution is 5.87. The van der Waals surface area contributed by atoms with Crippen molar-refractivity contribution in [3.05, 3.63) is 25.0 Å². The lowest BCUT2D eigenvalue weighted by Gasteiger charge is -2.13. The van der Waals surface area contributed by atoms with E-state index in [0.717, 1.165) is 0 Å². The molecule has 1 unspecified atom stereocenters. The maximum Gasteiger partial charge on any atom is 0.333 e. The Morgan fingerprint density at radius 1 is 1.29 bits per heavy atom. The summed E-state index contributed by atoms with van der Waals surface area (Å²) in [5.41, 5.74) is 0.496. The molecule has 0 N–H and O–H groups in total. The summed E-state index contributed by atoms with van der Waals surface area (Å²) in [4.78, 5) is 11.4. The van der Waals surface area contributed by atoms with Crippen LogP contribution < -0.4 is 0 Å². The molecule has 0 rings (SSSR count). The SMILES string of the molecule is C=COC(C)OCCOC(=O)C(=C)CC(C)C. The molecule has 0 aromatic carbocycles. The summed E-state index contributed by atoms with van der Waals surface area (Å²) in [5.74, 6) is 0.0342. The lowest BCUT2D eigenvalue weighted by Crippen LogP contribution is -2.17. The molecule has 0 aliphatic carbocycles. The molecule has 0 spiro atoms. The van der Waals surface area contributed by atoms with Crippen LogP contribution in [0.25, 0.3) is 0 Å². The molecule has 0 aliphatic rings. The molecule has 0 radical (unpaired) electrons. The normalized spacial score (nSPS) is 12.0. The van der Waals surface area contributed by atoms with E-state index in [0.29, 0.717) is 17.9 Å². The van der Waals surface area contributed by atoms with Gasteiger partial charge in [-0.25, -0.2) is 4.79 Å². The second-order valence-electron chi connectivity index (χ2n) is 4.08. The van der Waals surface area contributed by atoms with Crippen LogP contribution in [0.15, 0.2) is 25.0 Å². The Bertz CT molecular complexity index is 258. The Kier molecular flexibility index (Phi) is 8.15. The molecule has 17 heavy (non-hydrogen) atoms. The van der Waals surface area contributed by atoms with Gasteiger partial charge in [0.05, 0.1) is 12.9 Å². The second kappa shape index (κ2) is 8.82. The third-order valence-corrected chi connectivity index (χ3v) is 1.90. The molecule has 0 heterocycles. The summed E-state index contributed by atoms with van der Waals surface area (Å²) in [6.45, 7) is 13.4. The molecule has 0 aromatic rings. The Morgan fingerprint density at radius 2 is 1.94 bits per heavy atom. The van der Waals surface area contributed by atoms with E-state index in [1.54, 1.807) is 6.92 Å². The fraction of sp³-hybridized carbons (Fsp3) is 0.615. The molecule has 4 heteroatoms. The molecule has 0 saturated carbocycles. The van der Waals surface area contributed by atoms with Crippen molar-refractivity contribution >= 4 is 5.97 Å². The van der Waals surface area contributed by atoms with Crippen LogP contribution in [0.2, 0.25) is 0 Å². The first-order valence-electron chi connectivity index (χ1n) is 5.70. The summed E-state index contributed by atoms with van der Waals surface area (Å²) in [6, 6.07) is 0. The predicted octanol–water partition coefficient (Wildman–Crippen LogP) is 2.65. The van der Waals surface area contributed by atoms with Crippen LogP contribution in [0.1, 0.15) is 27.2 Å². The van der Waals surface area contributed by atoms with Crippen LogP contribution in [0.5, 0.6) is 0 Å². The summed E-state index contributed by atoms with van der Waals surface area (Å²) in [5, 5.41) is 0. The average molecular weight is 242 g/mol. The average Bonchev–Trinajstić information content (AvgIpc) is 2.23. The largest absolute Gasteiger partial charge is 0.473 e. The van der Waals surface area contributed by atoms with Gasteiger partial charge in [-0.1, -0.05) is 27.0 Å². The summed E-state index contributed by atoms with van der Waals surface area (Å²) in [6.07, 6.45) is 1.57. The topological polar surface area (TPSA) is 44.8 Å². The van der Waals surface area contributed by atoms with Gasteiger partial charge in [-0.2, -0.15) is 0 Å². The van der Waals surface area contributed by atoms with Gasteiger partial charge in [0, 0.05) is 5.57 Å². The van der Waals surface area contributed by atoms with Crippen molar-refractivity contribution in [3.63, 3.8) is 0 Å². The minimum atomic E-state index is -0.384. The molecule has 1 atom stereocenters. The summed E-state index contributed by atoms with van der Waals surface area (Å²) < 4.78 is 15.1. The van der Waals surface area contributed by atoms with E-state index in [4.69, 9.17) is 14.2 Å². The third-order valence-electron chi connectivity index (χ3n) is 1.90. The molecule has 0 saturated heterocycles. The molecule has 0 amide bonds. The summed E-state index contributed by atoms with van der Waals surface area (Å²) in [7, 11) is 0. The van der Waals surface area contributed by atoms with Gasteiger partial charge in [-0.05, 0) is 19.3 Å². The van der Waals surface area contributed by atoms with E-state index in [-0.39, 0.29) is 25.5 Å². The minimum absolute atomic E-state index is 0.195. The van der Waals surface area contributed by atoms with Crippen molar-refractivity contribution in [1.82, 2.24) is 0 Å². The number of hydrogen-bond donors (Lipinski definition) is 0. The van der Waals surface area contributed by atoms with Crippen LogP contribution in [0, 0.1) is 5.92 Å². The molecular weight excluding hydrogens is 220 g/mol. The van der Waals surface area contributed by atoms with Crippen molar-refractivity contribution in [2.75, 3.05) is 13.2 Å². The van der Waals surface area contributed by atoms with E-state index in [2.05, 4.69) is 13.2 Å². The Morgan fingerprint density at radius 3 is 2.47 bits per heavy atom. The lowest BCUT2D eigenvalue weighted by atomic mass is 10.1. The second-order valence-corrected chi connectivity index (χ2v) is 4.08. The van der Waals surface area contributed by atoms with E-state index in [1.165, 1.54) is 6.26 Å². The van der Waals surface area contributed by atoms with Crippen LogP contribution >= 0.6 is 0 Å². The monoisotopic (exact) mass is 242 g/mol. The minimum Gasteiger partial charge on any atom is -0.473 e. The number of hydrogen-bond acceptors (Lipinski definition) is 4. The lowest BCUT2D eigenvalue weighted by molar-refractivity contribution is -0.146. The quantitative estimate of drug-likeness (QED) is 0.205. The molecule has 4 nitrogen and oxygen atoms in total. The van der Waals surface area contributed by atoms with Gasteiger partial charge >= 0.3 is 5.97 Å². The van der Waals surface area contributed by atoms with Gasteiger partial charge in [0.25, 0.3) is 0 Å². The van der Waals surface area contributed by atoms with Crippen molar-refractivity contribution in [2.45, 2.75) is 33.5 Å². The molecule has 0 fully saturated rings. The fourth-order valence-corrected chi connectivity index (χ4v) is 1.20. The van der Waals surface area contributed by atoms with Gasteiger partial charge in [-0.3, -0.25) is 0 Å². The number of carbonyl (C=O) groups excluding carboxylic acids is 1. The first-order chi connectivity index (χ1) is 7.97. The zero-order valence-corrected chi connectivity index (χ0v) is 10.9. The fourth-order valence-electron chi connectivity index (χ4n) is 1.20. The Labute approximate surface area is 103 Å². The Hall–Kier alpha value is -1.29. The highest BCUT2D eigenvalue weighted by Gasteiger charge is 2.10. The molecule has 0 bridgehead atoms. The van der Waals surface area contributed by atoms with Crippen molar-refractivity contribution in [2.24, 2.45) is 5.92 Å². The smallest absolute Gasteiger partial charge is 0.333 e. The first kappa shape index (κ1) is 15.7. The number of rotatable bonds is 9. The van der Waals surface area contributed by atoms with Gasteiger partial charge < -0.3 is 14.2 Å². The number of carbonyl (C=O) groups is 1. The van der Waals surface area contributed by atoms with Gasteiger partial charge in [0.2, 0.25) is 0 Å². The highest BCUT2D eigenvalue weighted by Crippen LogP contribution is 2.09. The van der Waals surface area contributed by atoms with E-state index < -0.39 is 0 Å². The van der Waals surface area contributed by atoms with Crippen LogP contribution in [-0.4, -0.2) is 25.5 Å². The van der Waals surface area contributed by atoms with Crippen molar-refractivity contribution in [1.29, 1.82) is 0 Å². The predicted molar refractivity (Wildman–Crippen MR) is 66.3 cm³/mol. The van der Waals surface area contributed by atoms with Crippen molar-refractivity contribution in [3.8, 4) is 0 Å². The molecule has 98 valence electrons.